The molecule has 1 saturated heterocycles. The van der Waals surface area contributed by atoms with Crippen molar-refractivity contribution in [1.82, 2.24) is 4.90 Å². The lowest BCUT2D eigenvalue weighted by Gasteiger charge is -2.28. The number of rotatable bonds is 22. The third-order valence-electron chi connectivity index (χ3n) is 7.95. The number of nitrogens with zero attached hydrogens (tertiary/aromatic N) is 1. The SMILES string of the molecule is CCC(O)C(O)C(O)C(OC)OCCCCCCCCCCCCCCC(C)/C(O)=C1\C(=O)C(C)N(C)C1=O. The quantitative estimate of drug-likeness (QED) is 0.0505. The molecule has 1 aliphatic heterocycles. The lowest BCUT2D eigenvalue weighted by atomic mass is 9.95. The third-order valence-corrected chi connectivity index (χ3v) is 7.95. The van der Waals surface area contributed by atoms with Crippen LogP contribution in [0.2, 0.25) is 0 Å². The number of hydrogen-bond donors (Lipinski definition) is 4. The van der Waals surface area contributed by atoms with Crippen LogP contribution in [0.25, 0.3) is 0 Å². The maximum absolute atomic E-state index is 12.3. The summed E-state index contributed by atoms with van der Waals surface area (Å²) in [5.74, 6) is -0.879. The summed E-state index contributed by atoms with van der Waals surface area (Å²) in [6.45, 7) is 5.73. The molecule has 6 unspecified atom stereocenters. The van der Waals surface area contributed by atoms with Crippen LogP contribution in [0.4, 0.5) is 0 Å². The highest BCUT2D eigenvalue weighted by Crippen LogP contribution is 2.27. The highest BCUT2D eigenvalue weighted by Gasteiger charge is 2.41. The number of aliphatic hydroxyl groups is 4. The van der Waals surface area contributed by atoms with E-state index >= 15 is 0 Å². The van der Waals surface area contributed by atoms with E-state index < -0.39 is 30.6 Å². The van der Waals surface area contributed by atoms with Gasteiger partial charge in [-0.2, -0.15) is 0 Å². The largest absolute Gasteiger partial charge is 0.511 e. The molecule has 0 saturated carbocycles. The highest BCUT2D eigenvalue weighted by atomic mass is 16.7. The maximum atomic E-state index is 12.3. The molecular weight excluding hydrogens is 502 g/mol. The van der Waals surface area contributed by atoms with Crippen molar-refractivity contribution in [3.05, 3.63) is 11.3 Å². The Kier molecular flexibility index (Phi) is 17.8. The summed E-state index contributed by atoms with van der Waals surface area (Å²) in [6, 6.07) is -0.500. The summed E-state index contributed by atoms with van der Waals surface area (Å²) in [6.07, 6.45) is 10.1. The third kappa shape index (κ3) is 11.9. The van der Waals surface area contributed by atoms with Gasteiger partial charge in [-0.25, -0.2) is 0 Å². The number of ether oxygens (including phenoxy) is 2. The van der Waals surface area contributed by atoms with Crippen molar-refractivity contribution in [2.24, 2.45) is 5.92 Å². The number of methoxy groups -OCH3 is 1. The van der Waals surface area contributed by atoms with Crippen LogP contribution in [0.15, 0.2) is 11.3 Å². The Bertz CT molecular complexity index is 720. The van der Waals surface area contributed by atoms with Crippen molar-refractivity contribution in [3.63, 3.8) is 0 Å². The fraction of sp³-hybridized carbons (Fsp3) is 0.867. The Balaban J connectivity index is 2.01. The molecule has 1 aliphatic rings. The molecule has 1 fully saturated rings. The second-order valence-electron chi connectivity index (χ2n) is 11.1. The summed E-state index contributed by atoms with van der Waals surface area (Å²) in [4.78, 5) is 25.9. The molecule has 1 amide bonds. The van der Waals surface area contributed by atoms with Crippen molar-refractivity contribution in [1.29, 1.82) is 0 Å². The minimum Gasteiger partial charge on any atom is -0.511 e. The van der Waals surface area contributed by atoms with Gasteiger partial charge in [0.05, 0.1) is 12.1 Å². The number of allylic oxidation sites excluding steroid dienone is 1. The average Bonchev–Trinajstić information content (AvgIpc) is 3.12. The van der Waals surface area contributed by atoms with E-state index in [1.165, 1.54) is 50.5 Å². The topological polar surface area (TPSA) is 137 Å². The summed E-state index contributed by atoms with van der Waals surface area (Å²) < 4.78 is 10.7. The summed E-state index contributed by atoms with van der Waals surface area (Å²) >= 11 is 0. The van der Waals surface area contributed by atoms with Crippen LogP contribution in [0.1, 0.15) is 111 Å². The Morgan fingerprint density at radius 3 is 1.79 bits per heavy atom. The number of aliphatic hydroxyl groups excluding tert-OH is 4. The monoisotopic (exact) mass is 557 g/mol. The average molecular weight is 558 g/mol. The van der Waals surface area contributed by atoms with Gasteiger partial charge in [0, 0.05) is 26.7 Å². The molecule has 228 valence electrons. The Morgan fingerprint density at radius 1 is 0.872 bits per heavy atom. The molecule has 4 N–H and O–H groups in total. The smallest absolute Gasteiger partial charge is 0.261 e. The number of hydrogen-bond acceptors (Lipinski definition) is 8. The molecule has 6 atom stereocenters. The number of likely N-dealkylation sites (N-methyl/N-ethyl adjacent to an activating group) is 1. The summed E-state index contributed by atoms with van der Waals surface area (Å²) in [7, 11) is 3.00. The van der Waals surface area contributed by atoms with Crippen molar-refractivity contribution in [2.75, 3.05) is 20.8 Å². The van der Waals surface area contributed by atoms with E-state index in [1.807, 2.05) is 6.92 Å². The first kappa shape index (κ1) is 35.5. The second kappa shape index (κ2) is 19.5. The van der Waals surface area contributed by atoms with Gasteiger partial charge in [-0.3, -0.25) is 9.59 Å². The minimum absolute atomic E-state index is 0.0227. The number of unbranched alkanes of at least 4 members (excludes halogenated alkanes) is 11. The highest BCUT2D eigenvalue weighted by molar-refractivity contribution is 6.26. The Hall–Kier alpha value is -1.52. The molecule has 0 bridgehead atoms. The fourth-order valence-corrected chi connectivity index (χ4v) is 4.92. The summed E-state index contributed by atoms with van der Waals surface area (Å²) in [5.41, 5.74) is -0.0227. The number of ketones is 1. The first-order valence-electron chi connectivity index (χ1n) is 15.0. The standard InChI is InChI=1S/C30H55NO8/c1-6-23(32)27(35)28(36)30(38-5)39-20-18-16-14-12-10-8-7-9-11-13-15-17-19-21(2)25(33)24-26(34)22(3)31(4)29(24)37/h21-23,27-28,30,32-33,35-36H,6-20H2,1-5H3/b25-24-. The molecule has 0 aliphatic carbocycles. The van der Waals surface area contributed by atoms with E-state index in [0.29, 0.717) is 13.0 Å². The maximum Gasteiger partial charge on any atom is 0.261 e. The van der Waals surface area contributed by atoms with Crippen molar-refractivity contribution in [3.8, 4) is 0 Å². The molecule has 0 aromatic heterocycles. The van der Waals surface area contributed by atoms with Crippen LogP contribution < -0.4 is 0 Å². The van der Waals surface area contributed by atoms with Crippen LogP contribution in [-0.2, 0) is 19.1 Å². The van der Waals surface area contributed by atoms with Crippen LogP contribution in [-0.4, -0.2) is 88.4 Å². The van der Waals surface area contributed by atoms with Gasteiger partial charge in [0.15, 0.2) is 12.1 Å². The van der Waals surface area contributed by atoms with E-state index in [0.717, 1.165) is 44.9 Å². The molecular formula is C30H55NO8. The molecule has 39 heavy (non-hydrogen) atoms. The molecule has 0 spiro atoms. The van der Waals surface area contributed by atoms with Crippen LogP contribution >= 0.6 is 0 Å². The zero-order valence-corrected chi connectivity index (χ0v) is 24.9. The van der Waals surface area contributed by atoms with E-state index in [1.54, 1.807) is 20.9 Å². The number of Topliss-reactive ketones (excluding diaryl/α,β-unsaturated/α-hetero) is 1. The number of likely N-dealkylation sites (tertiary alicyclic amines) is 1. The number of amides is 1. The normalized spacial score (nSPS) is 21.2. The molecule has 9 heteroatoms. The second-order valence-corrected chi connectivity index (χ2v) is 11.1. The van der Waals surface area contributed by atoms with Crippen LogP contribution in [0.3, 0.4) is 0 Å². The van der Waals surface area contributed by atoms with E-state index in [-0.39, 0.29) is 28.9 Å². The zero-order valence-electron chi connectivity index (χ0n) is 24.9. The first-order valence-corrected chi connectivity index (χ1v) is 15.0. The fourth-order valence-electron chi connectivity index (χ4n) is 4.92. The number of carbonyl (C=O) groups is 2. The van der Waals surface area contributed by atoms with Gasteiger partial charge in [0.2, 0.25) is 0 Å². The lowest BCUT2D eigenvalue weighted by Crippen LogP contribution is -2.46. The predicted molar refractivity (Wildman–Crippen MR) is 151 cm³/mol. The molecule has 1 heterocycles. The van der Waals surface area contributed by atoms with Gasteiger partial charge in [-0.05, 0) is 26.2 Å². The van der Waals surface area contributed by atoms with Gasteiger partial charge in [0.1, 0.15) is 23.5 Å². The van der Waals surface area contributed by atoms with Crippen molar-refractivity contribution < 1.29 is 39.5 Å². The van der Waals surface area contributed by atoms with Gasteiger partial charge in [0.25, 0.3) is 5.91 Å². The van der Waals surface area contributed by atoms with Crippen LogP contribution in [0.5, 0.6) is 0 Å². The number of carbonyl (C=O) groups excluding carboxylic acids is 2. The van der Waals surface area contributed by atoms with Gasteiger partial charge in [-0.15, -0.1) is 0 Å². The van der Waals surface area contributed by atoms with Crippen molar-refractivity contribution >= 4 is 11.7 Å². The zero-order chi connectivity index (χ0) is 29.4. The van der Waals surface area contributed by atoms with E-state index in [2.05, 4.69) is 0 Å². The van der Waals surface area contributed by atoms with Gasteiger partial charge >= 0.3 is 0 Å². The minimum atomic E-state index is -1.30. The lowest BCUT2D eigenvalue weighted by molar-refractivity contribution is -0.215. The molecule has 0 aromatic rings. The molecule has 1 rings (SSSR count). The van der Waals surface area contributed by atoms with E-state index in [9.17, 15) is 30.0 Å². The van der Waals surface area contributed by atoms with Gasteiger partial charge in [-0.1, -0.05) is 84.5 Å². The predicted octanol–water partition coefficient (Wildman–Crippen LogP) is 4.42. The van der Waals surface area contributed by atoms with Crippen LogP contribution in [0, 0.1) is 5.92 Å². The molecule has 9 nitrogen and oxygen atoms in total. The molecule has 0 radical (unpaired) electrons. The first-order chi connectivity index (χ1) is 18.6. The van der Waals surface area contributed by atoms with Gasteiger partial charge < -0.3 is 34.8 Å². The summed E-state index contributed by atoms with van der Waals surface area (Å²) in [5, 5.41) is 40.2. The Morgan fingerprint density at radius 2 is 1.36 bits per heavy atom. The van der Waals surface area contributed by atoms with E-state index in [4.69, 9.17) is 9.47 Å². The molecule has 0 aromatic carbocycles. The Labute approximate surface area is 235 Å². The van der Waals surface area contributed by atoms with Crippen molar-refractivity contribution in [2.45, 2.75) is 141 Å².